The van der Waals surface area contributed by atoms with Crippen LogP contribution in [0.5, 0.6) is 5.75 Å². The van der Waals surface area contributed by atoms with Crippen molar-refractivity contribution in [1.29, 1.82) is 5.26 Å². The number of hydrogen-bond donors (Lipinski definition) is 1. The number of carbonyl (C=O) groups is 1. The lowest BCUT2D eigenvalue weighted by atomic mass is 9.80. The minimum Gasteiger partial charge on any atom is -0.497 e. The van der Waals surface area contributed by atoms with Crippen LogP contribution in [0.15, 0.2) is 24.3 Å². The second-order valence-corrected chi connectivity index (χ2v) is 5.27. The normalized spacial score (nSPS) is 18.3. The SMILES string of the molecule is COc1ccc(C(C)NC(=O)C2(C#N)CCOCC2)cc1. The molecular formula is C16H20N2O3. The molecule has 1 fully saturated rings. The molecule has 1 aromatic carbocycles. The molecule has 21 heavy (non-hydrogen) atoms. The van der Waals surface area contributed by atoms with Gasteiger partial charge in [0, 0.05) is 13.2 Å². The first-order valence-corrected chi connectivity index (χ1v) is 7.05. The van der Waals surface area contributed by atoms with Crippen LogP contribution in [0, 0.1) is 16.7 Å². The summed E-state index contributed by atoms with van der Waals surface area (Å²) in [5.41, 5.74) is 0.0169. The van der Waals surface area contributed by atoms with E-state index >= 15 is 0 Å². The molecule has 0 aliphatic carbocycles. The molecule has 1 aliphatic rings. The molecule has 1 amide bonds. The maximum atomic E-state index is 12.4. The molecule has 0 saturated carbocycles. The smallest absolute Gasteiger partial charge is 0.241 e. The summed E-state index contributed by atoms with van der Waals surface area (Å²) in [6, 6.07) is 9.55. The van der Waals surface area contributed by atoms with Crippen molar-refractivity contribution in [2.75, 3.05) is 20.3 Å². The number of hydrogen-bond acceptors (Lipinski definition) is 4. The van der Waals surface area contributed by atoms with Crippen molar-refractivity contribution in [3.8, 4) is 11.8 Å². The Kier molecular flexibility index (Phi) is 4.81. The fourth-order valence-corrected chi connectivity index (χ4v) is 2.42. The molecule has 1 N–H and O–H groups in total. The average Bonchev–Trinajstić information content (AvgIpc) is 2.55. The molecule has 1 atom stereocenters. The number of rotatable bonds is 4. The summed E-state index contributed by atoms with van der Waals surface area (Å²) < 4.78 is 10.4. The first kappa shape index (κ1) is 15.3. The predicted octanol–water partition coefficient (Wildman–Crippen LogP) is 2.19. The minimum absolute atomic E-state index is 0.156. The zero-order chi connectivity index (χ0) is 15.3. The quantitative estimate of drug-likeness (QED) is 0.922. The van der Waals surface area contributed by atoms with E-state index in [2.05, 4.69) is 11.4 Å². The molecule has 5 nitrogen and oxygen atoms in total. The fourth-order valence-electron chi connectivity index (χ4n) is 2.42. The molecule has 1 heterocycles. The number of amides is 1. The molecule has 1 unspecified atom stereocenters. The number of carbonyl (C=O) groups excluding carboxylic acids is 1. The van der Waals surface area contributed by atoms with Crippen LogP contribution in [0.2, 0.25) is 0 Å². The van der Waals surface area contributed by atoms with Crippen LogP contribution in [-0.2, 0) is 9.53 Å². The third-order valence-corrected chi connectivity index (χ3v) is 3.96. The van der Waals surface area contributed by atoms with Crippen LogP contribution in [0.3, 0.4) is 0 Å². The largest absolute Gasteiger partial charge is 0.497 e. The van der Waals surface area contributed by atoms with Gasteiger partial charge in [0.15, 0.2) is 0 Å². The Morgan fingerprint density at radius 3 is 2.52 bits per heavy atom. The highest BCUT2D eigenvalue weighted by Crippen LogP contribution is 2.31. The van der Waals surface area contributed by atoms with Crippen LogP contribution in [-0.4, -0.2) is 26.2 Å². The number of nitrogens with one attached hydrogen (secondary N) is 1. The van der Waals surface area contributed by atoms with Crippen molar-refractivity contribution in [1.82, 2.24) is 5.32 Å². The van der Waals surface area contributed by atoms with Crippen LogP contribution < -0.4 is 10.1 Å². The van der Waals surface area contributed by atoms with E-state index < -0.39 is 5.41 Å². The number of ether oxygens (including phenoxy) is 2. The van der Waals surface area contributed by atoms with Gasteiger partial charge in [-0.2, -0.15) is 5.26 Å². The van der Waals surface area contributed by atoms with Crippen LogP contribution in [0.4, 0.5) is 0 Å². The van der Waals surface area contributed by atoms with Crippen molar-refractivity contribution >= 4 is 5.91 Å². The Bertz CT molecular complexity index is 527. The van der Waals surface area contributed by atoms with Crippen molar-refractivity contribution in [2.24, 2.45) is 5.41 Å². The topological polar surface area (TPSA) is 71.3 Å². The molecule has 1 saturated heterocycles. The van der Waals surface area contributed by atoms with Gasteiger partial charge in [0.1, 0.15) is 11.2 Å². The Hall–Kier alpha value is -2.06. The van der Waals surface area contributed by atoms with Crippen LogP contribution in [0.1, 0.15) is 31.4 Å². The lowest BCUT2D eigenvalue weighted by Crippen LogP contribution is -2.44. The standard InChI is InChI=1S/C16H20N2O3/c1-12(13-3-5-14(20-2)6-4-13)18-15(19)16(11-17)7-9-21-10-8-16/h3-6,12H,7-10H2,1-2H3,(H,18,19). The van der Waals surface area contributed by atoms with E-state index in [4.69, 9.17) is 9.47 Å². The van der Waals surface area contributed by atoms with E-state index in [1.165, 1.54) is 0 Å². The number of nitrogens with zero attached hydrogens (tertiary/aromatic N) is 1. The van der Waals surface area contributed by atoms with Gasteiger partial charge in [0.25, 0.3) is 0 Å². The predicted molar refractivity (Wildman–Crippen MR) is 77.7 cm³/mol. The number of methoxy groups -OCH3 is 1. The van der Waals surface area contributed by atoms with Gasteiger partial charge in [-0.15, -0.1) is 0 Å². The third kappa shape index (κ3) is 3.34. The van der Waals surface area contributed by atoms with Gasteiger partial charge in [-0.1, -0.05) is 12.1 Å². The third-order valence-electron chi connectivity index (χ3n) is 3.96. The average molecular weight is 288 g/mol. The van der Waals surface area contributed by atoms with Gasteiger partial charge < -0.3 is 14.8 Å². The molecule has 0 bridgehead atoms. The summed E-state index contributed by atoms with van der Waals surface area (Å²) in [5.74, 6) is 0.562. The maximum absolute atomic E-state index is 12.4. The summed E-state index contributed by atoms with van der Waals surface area (Å²) in [4.78, 5) is 12.4. The van der Waals surface area contributed by atoms with Gasteiger partial charge in [0.05, 0.1) is 19.2 Å². The highest BCUT2D eigenvalue weighted by molar-refractivity contribution is 5.85. The monoisotopic (exact) mass is 288 g/mol. The first-order chi connectivity index (χ1) is 10.1. The van der Waals surface area contributed by atoms with E-state index in [0.717, 1.165) is 11.3 Å². The summed E-state index contributed by atoms with van der Waals surface area (Å²) in [6.07, 6.45) is 0.898. The van der Waals surface area contributed by atoms with Crippen molar-refractivity contribution in [3.63, 3.8) is 0 Å². The first-order valence-electron chi connectivity index (χ1n) is 7.05. The number of benzene rings is 1. The van der Waals surface area contributed by atoms with E-state index in [0.29, 0.717) is 26.1 Å². The molecular weight excluding hydrogens is 268 g/mol. The van der Waals surface area contributed by atoms with Crippen LogP contribution >= 0.6 is 0 Å². The molecule has 0 radical (unpaired) electrons. The van der Waals surface area contributed by atoms with Gasteiger partial charge >= 0.3 is 0 Å². The number of nitriles is 1. The summed E-state index contributed by atoms with van der Waals surface area (Å²) in [6.45, 7) is 2.82. The highest BCUT2D eigenvalue weighted by Gasteiger charge is 2.40. The van der Waals surface area contributed by atoms with Crippen molar-refractivity contribution in [2.45, 2.75) is 25.8 Å². The van der Waals surface area contributed by atoms with Gasteiger partial charge in [0.2, 0.25) is 5.91 Å². The zero-order valence-electron chi connectivity index (χ0n) is 12.4. The Morgan fingerprint density at radius 2 is 2.00 bits per heavy atom. The highest BCUT2D eigenvalue weighted by atomic mass is 16.5. The molecule has 0 aromatic heterocycles. The second-order valence-electron chi connectivity index (χ2n) is 5.27. The molecule has 5 heteroatoms. The summed E-state index contributed by atoms with van der Waals surface area (Å²) >= 11 is 0. The zero-order valence-corrected chi connectivity index (χ0v) is 12.4. The van der Waals surface area contributed by atoms with Crippen molar-refractivity contribution in [3.05, 3.63) is 29.8 Å². The molecule has 0 spiro atoms. The van der Waals surface area contributed by atoms with Gasteiger partial charge in [-0.05, 0) is 37.5 Å². The molecule has 112 valence electrons. The van der Waals surface area contributed by atoms with Gasteiger partial charge in [-0.3, -0.25) is 4.79 Å². The van der Waals surface area contributed by atoms with E-state index in [1.54, 1.807) is 7.11 Å². The van der Waals surface area contributed by atoms with E-state index in [-0.39, 0.29) is 11.9 Å². The minimum atomic E-state index is -0.959. The Balaban J connectivity index is 2.05. The maximum Gasteiger partial charge on any atom is 0.241 e. The molecule has 2 rings (SSSR count). The lowest BCUT2D eigenvalue weighted by Gasteiger charge is -2.30. The van der Waals surface area contributed by atoms with Crippen LogP contribution in [0.25, 0.3) is 0 Å². The van der Waals surface area contributed by atoms with Crippen molar-refractivity contribution < 1.29 is 14.3 Å². The summed E-state index contributed by atoms with van der Waals surface area (Å²) in [5, 5.41) is 12.3. The molecule has 1 aliphatic heterocycles. The fraction of sp³-hybridized carbons (Fsp3) is 0.500. The lowest BCUT2D eigenvalue weighted by molar-refractivity contribution is -0.133. The summed E-state index contributed by atoms with van der Waals surface area (Å²) in [7, 11) is 1.61. The van der Waals surface area contributed by atoms with E-state index in [1.807, 2.05) is 31.2 Å². The Labute approximate surface area is 124 Å². The second kappa shape index (κ2) is 6.59. The Morgan fingerprint density at radius 1 is 1.38 bits per heavy atom. The van der Waals surface area contributed by atoms with E-state index in [9.17, 15) is 10.1 Å². The molecule has 1 aromatic rings. The van der Waals surface area contributed by atoms with Gasteiger partial charge in [-0.25, -0.2) is 0 Å².